The number of carbonyl (C=O) groups excluding carboxylic acids is 1. The predicted octanol–water partition coefficient (Wildman–Crippen LogP) is 4.31. The van der Waals surface area contributed by atoms with Crippen LogP contribution in [-0.2, 0) is 11.2 Å². The van der Waals surface area contributed by atoms with E-state index in [1.54, 1.807) is 0 Å². The number of esters is 1. The maximum Gasteiger partial charge on any atom is 0.340 e. The number of benzene rings is 2. The van der Waals surface area contributed by atoms with Crippen LogP contribution in [0.15, 0.2) is 54.7 Å². The van der Waals surface area contributed by atoms with Gasteiger partial charge in [-0.3, -0.25) is 0 Å². The highest BCUT2D eigenvalue weighted by Gasteiger charge is 2.32. The van der Waals surface area contributed by atoms with Crippen LogP contribution in [0.1, 0.15) is 41.1 Å². The van der Waals surface area contributed by atoms with Gasteiger partial charge < -0.3 is 9.30 Å². The first-order valence-electron chi connectivity index (χ1n) is 7.68. The Balaban J connectivity index is 1.91. The smallest absolute Gasteiger partial charge is 0.340 e. The third kappa shape index (κ3) is 1.86. The lowest BCUT2D eigenvalue weighted by Gasteiger charge is -2.14. The summed E-state index contributed by atoms with van der Waals surface area (Å²) in [5.74, 6) is -0.240. The van der Waals surface area contributed by atoms with Crippen LogP contribution in [0.25, 0.3) is 10.9 Å². The second-order valence-corrected chi connectivity index (χ2v) is 5.67. The molecule has 3 heteroatoms. The van der Waals surface area contributed by atoms with Crippen molar-refractivity contribution in [2.24, 2.45) is 0 Å². The number of aromatic nitrogens is 1. The van der Waals surface area contributed by atoms with Crippen molar-refractivity contribution in [3.8, 4) is 0 Å². The number of para-hydroxylation sites is 1. The van der Waals surface area contributed by atoms with E-state index in [-0.39, 0.29) is 12.2 Å². The first-order valence-corrected chi connectivity index (χ1v) is 7.68. The highest BCUT2D eigenvalue weighted by atomic mass is 16.6. The molecule has 2 aromatic carbocycles. The van der Waals surface area contributed by atoms with Crippen LogP contribution in [0, 0.1) is 0 Å². The summed E-state index contributed by atoms with van der Waals surface area (Å²) in [7, 11) is 0. The molecular formula is C19H17NO2. The number of ether oxygens (including phenoxy) is 1. The van der Waals surface area contributed by atoms with Crippen LogP contribution in [0.2, 0.25) is 0 Å². The molecule has 1 aromatic heterocycles. The standard InChI is InChI=1S/C19H17NO2/c1-2-7-13-12-20(17-11-6-5-8-14(13)17)18-15-9-3-4-10-16(15)19(21)22-18/h3-6,8-12,18H,2,7H2,1H3. The second kappa shape index (κ2) is 5.02. The minimum Gasteiger partial charge on any atom is -0.433 e. The van der Waals surface area contributed by atoms with Crippen molar-refractivity contribution in [1.82, 2.24) is 4.57 Å². The Morgan fingerprint density at radius 1 is 1.09 bits per heavy atom. The van der Waals surface area contributed by atoms with Crippen molar-refractivity contribution in [1.29, 1.82) is 0 Å². The molecule has 0 amide bonds. The minimum absolute atomic E-state index is 0.240. The van der Waals surface area contributed by atoms with Crippen LogP contribution in [0.5, 0.6) is 0 Å². The molecule has 0 fully saturated rings. The molecule has 1 unspecified atom stereocenters. The first kappa shape index (κ1) is 13.1. The van der Waals surface area contributed by atoms with E-state index in [0.717, 1.165) is 23.9 Å². The number of fused-ring (bicyclic) bond motifs is 2. The van der Waals surface area contributed by atoms with Crippen molar-refractivity contribution < 1.29 is 9.53 Å². The zero-order chi connectivity index (χ0) is 15.1. The molecule has 0 N–H and O–H groups in total. The molecule has 1 aliphatic rings. The summed E-state index contributed by atoms with van der Waals surface area (Å²) in [6.07, 6.45) is 3.89. The van der Waals surface area contributed by atoms with E-state index < -0.39 is 0 Å². The van der Waals surface area contributed by atoms with Gasteiger partial charge in [0, 0.05) is 17.1 Å². The normalized spacial score (nSPS) is 16.8. The molecule has 0 saturated carbocycles. The Kier molecular flexibility index (Phi) is 3.00. The summed E-state index contributed by atoms with van der Waals surface area (Å²) in [6, 6.07) is 15.9. The van der Waals surface area contributed by atoms with Crippen LogP contribution in [0.3, 0.4) is 0 Å². The molecule has 1 aliphatic heterocycles. The molecule has 2 heterocycles. The van der Waals surface area contributed by atoms with E-state index in [1.807, 2.05) is 30.3 Å². The van der Waals surface area contributed by atoms with Gasteiger partial charge in [0.1, 0.15) is 0 Å². The number of carbonyl (C=O) groups is 1. The van der Waals surface area contributed by atoms with Crippen LogP contribution < -0.4 is 0 Å². The summed E-state index contributed by atoms with van der Waals surface area (Å²) in [5, 5.41) is 1.24. The fourth-order valence-corrected chi connectivity index (χ4v) is 3.27. The zero-order valence-corrected chi connectivity index (χ0v) is 12.5. The Morgan fingerprint density at radius 3 is 2.73 bits per heavy atom. The number of aryl methyl sites for hydroxylation is 1. The first-order chi connectivity index (χ1) is 10.8. The predicted molar refractivity (Wildman–Crippen MR) is 85.9 cm³/mol. The van der Waals surface area contributed by atoms with Crippen LogP contribution in [0.4, 0.5) is 0 Å². The molecule has 3 aromatic rings. The molecule has 3 nitrogen and oxygen atoms in total. The van der Waals surface area contributed by atoms with E-state index in [1.165, 1.54) is 10.9 Å². The second-order valence-electron chi connectivity index (χ2n) is 5.67. The molecule has 1 atom stereocenters. The van der Waals surface area contributed by atoms with Crippen LogP contribution in [-0.4, -0.2) is 10.5 Å². The summed E-state index contributed by atoms with van der Waals surface area (Å²) in [5.41, 5.74) is 4.03. The monoisotopic (exact) mass is 291 g/mol. The van der Waals surface area contributed by atoms with Crippen molar-refractivity contribution >= 4 is 16.9 Å². The summed E-state index contributed by atoms with van der Waals surface area (Å²) < 4.78 is 7.73. The summed E-state index contributed by atoms with van der Waals surface area (Å²) in [4.78, 5) is 12.1. The highest BCUT2D eigenvalue weighted by Crippen LogP contribution is 2.35. The third-order valence-electron chi connectivity index (χ3n) is 4.26. The van der Waals surface area contributed by atoms with Gasteiger partial charge >= 0.3 is 5.97 Å². The maximum absolute atomic E-state index is 12.1. The SMILES string of the molecule is CCCc1cn(C2OC(=O)c3ccccc32)c2ccccc12. The molecule has 0 bridgehead atoms. The molecule has 0 aliphatic carbocycles. The van der Waals surface area contributed by atoms with Gasteiger partial charge in [-0.1, -0.05) is 49.7 Å². The molecule has 110 valence electrons. The number of hydrogen-bond acceptors (Lipinski definition) is 2. The Bertz CT molecular complexity index is 863. The quantitative estimate of drug-likeness (QED) is 0.673. The van der Waals surface area contributed by atoms with Gasteiger partial charge in [0.2, 0.25) is 6.23 Å². The third-order valence-corrected chi connectivity index (χ3v) is 4.26. The van der Waals surface area contributed by atoms with Gasteiger partial charge in [-0.15, -0.1) is 0 Å². The lowest BCUT2D eigenvalue weighted by Crippen LogP contribution is -2.09. The Labute approximate surface area is 129 Å². The maximum atomic E-state index is 12.1. The van der Waals surface area contributed by atoms with E-state index >= 15 is 0 Å². The fourth-order valence-electron chi connectivity index (χ4n) is 3.27. The topological polar surface area (TPSA) is 31.2 Å². The fraction of sp³-hybridized carbons (Fsp3) is 0.211. The average molecular weight is 291 g/mol. The van der Waals surface area contributed by atoms with Crippen molar-refractivity contribution in [2.45, 2.75) is 26.0 Å². The lowest BCUT2D eigenvalue weighted by atomic mass is 10.1. The van der Waals surface area contributed by atoms with Gasteiger partial charge in [0.05, 0.1) is 11.1 Å². The Morgan fingerprint density at radius 2 is 1.86 bits per heavy atom. The summed E-state index contributed by atoms with van der Waals surface area (Å²) in [6.45, 7) is 2.18. The van der Waals surface area contributed by atoms with Gasteiger partial charge in [-0.05, 0) is 24.1 Å². The molecule has 0 spiro atoms. The number of hydrogen-bond donors (Lipinski definition) is 0. The van der Waals surface area contributed by atoms with E-state index in [0.29, 0.717) is 5.56 Å². The van der Waals surface area contributed by atoms with E-state index in [9.17, 15) is 4.79 Å². The number of nitrogens with zero attached hydrogens (tertiary/aromatic N) is 1. The zero-order valence-electron chi connectivity index (χ0n) is 12.5. The number of rotatable bonds is 3. The lowest BCUT2D eigenvalue weighted by molar-refractivity contribution is 0.0331. The molecule has 0 radical (unpaired) electrons. The van der Waals surface area contributed by atoms with Gasteiger partial charge in [0.15, 0.2) is 0 Å². The summed E-state index contributed by atoms with van der Waals surface area (Å²) >= 11 is 0. The molecule has 22 heavy (non-hydrogen) atoms. The largest absolute Gasteiger partial charge is 0.433 e. The molecule has 4 rings (SSSR count). The Hall–Kier alpha value is -2.55. The molecule has 0 saturated heterocycles. The van der Waals surface area contributed by atoms with Crippen LogP contribution >= 0.6 is 0 Å². The highest BCUT2D eigenvalue weighted by molar-refractivity contribution is 5.94. The van der Waals surface area contributed by atoms with Gasteiger partial charge in [-0.2, -0.15) is 0 Å². The van der Waals surface area contributed by atoms with Crippen molar-refractivity contribution in [3.05, 3.63) is 71.4 Å². The van der Waals surface area contributed by atoms with Crippen molar-refractivity contribution in [2.75, 3.05) is 0 Å². The average Bonchev–Trinajstić information content (AvgIpc) is 3.07. The minimum atomic E-state index is -0.362. The molecular weight excluding hydrogens is 274 g/mol. The van der Waals surface area contributed by atoms with E-state index in [4.69, 9.17) is 4.74 Å². The van der Waals surface area contributed by atoms with Gasteiger partial charge in [0.25, 0.3) is 0 Å². The van der Waals surface area contributed by atoms with Crippen molar-refractivity contribution in [3.63, 3.8) is 0 Å². The van der Waals surface area contributed by atoms with E-state index in [2.05, 4.69) is 35.9 Å². The van der Waals surface area contributed by atoms with Gasteiger partial charge in [-0.25, -0.2) is 4.79 Å². The number of cyclic esters (lactones) is 1.